The third-order valence-electron chi connectivity index (χ3n) is 9.44. The highest BCUT2D eigenvalue weighted by Crippen LogP contribution is 2.36. The molecule has 0 unspecified atom stereocenters. The molecule has 0 bridgehead atoms. The van der Waals surface area contributed by atoms with Crippen molar-refractivity contribution in [1.82, 2.24) is 14.5 Å². The van der Waals surface area contributed by atoms with Crippen molar-refractivity contribution in [2.75, 3.05) is 13.7 Å². The first-order valence-electron chi connectivity index (χ1n) is 17.4. The fraction of sp³-hybridized carbons (Fsp3) is 0.375. The third kappa shape index (κ3) is 8.27. The molecule has 53 heavy (non-hydrogen) atoms. The zero-order valence-electron chi connectivity index (χ0n) is 31.2. The van der Waals surface area contributed by atoms with Gasteiger partial charge in [-0.25, -0.2) is 27.9 Å². The van der Waals surface area contributed by atoms with Crippen molar-refractivity contribution < 1.29 is 41.5 Å². The van der Waals surface area contributed by atoms with Crippen LogP contribution in [0.2, 0.25) is 0 Å². The number of carbonyl (C=O) groups is 1. The van der Waals surface area contributed by atoms with Crippen molar-refractivity contribution >= 4 is 29.6 Å². The van der Waals surface area contributed by atoms with Crippen LogP contribution in [0.4, 0.5) is 13.2 Å². The number of pyridine rings is 1. The van der Waals surface area contributed by atoms with Crippen LogP contribution < -0.4 is 10.2 Å². The first kappa shape index (κ1) is 38.0. The molecule has 1 aliphatic heterocycles. The molecule has 1 saturated heterocycles. The lowest BCUT2D eigenvalue weighted by Gasteiger charge is -2.32. The van der Waals surface area contributed by atoms with Crippen molar-refractivity contribution in [2.24, 2.45) is 0 Å². The van der Waals surface area contributed by atoms with Crippen LogP contribution in [-0.2, 0) is 38.4 Å². The average molecular weight is 730 g/mol. The van der Waals surface area contributed by atoms with Gasteiger partial charge in [0.15, 0.2) is 0 Å². The van der Waals surface area contributed by atoms with E-state index in [0.29, 0.717) is 41.0 Å². The van der Waals surface area contributed by atoms with Crippen LogP contribution in [0.3, 0.4) is 0 Å². The smallest absolute Gasteiger partial charge is 0.473 e. The molecule has 0 radical (unpaired) electrons. The average Bonchev–Trinajstić information content (AvgIpc) is 3.54. The number of imidazole rings is 1. The van der Waals surface area contributed by atoms with Crippen LogP contribution in [-0.4, -0.2) is 58.1 Å². The molecule has 0 spiro atoms. The SMILES string of the molecule is COCCn1c(Cc2cc(F)c(-c3cccc(OCc4ccc(B5OC(C)(C)C(C)(C)O5)cc4F)n3)cc2F)nc2ccc(C(=O)OC(C)(C)C)cc21. The number of rotatable bonds is 11. The van der Waals surface area contributed by atoms with Gasteiger partial charge >= 0.3 is 13.1 Å². The van der Waals surface area contributed by atoms with Crippen molar-refractivity contribution in [2.45, 2.75) is 84.8 Å². The summed E-state index contributed by atoms with van der Waals surface area (Å²) in [6.45, 7) is 13.6. The predicted molar refractivity (Wildman–Crippen MR) is 196 cm³/mol. The minimum Gasteiger partial charge on any atom is -0.473 e. The molecule has 0 aliphatic carbocycles. The largest absolute Gasteiger partial charge is 0.494 e. The number of methoxy groups -OCH3 is 1. The van der Waals surface area contributed by atoms with Crippen molar-refractivity contribution in [3.05, 3.63) is 107 Å². The van der Waals surface area contributed by atoms with E-state index in [-0.39, 0.29) is 41.3 Å². The number of hydrogen-bond acceptors (Lipinski definition) is 8. The summed E-state index contributed by atoms with van der Waals surface area (Å²) < 4.78 is 77.0. The summed E-state index contributed by atoms with van der Waals surface area (Å²) in [5.74, 6) is -1.75. The number of hydrogen-bond donors (Lipinski definition) is 0. The first-order valence-corrected chi connectivity index (χ1v) is 17.4. The fourth-order valence-electron chi connectivity index (χ4n) is 5.90. The zero-order chi connectivity index (χ0) is 38.3. The number of carbonyl (C=O) groups excluding carboxylic acids is 1. The monoisotopic (exact) mass is 729 g/mol. The lowest BCUT2D eigenvalue weighted by Crippen LogP contribution is -2.41. The molecule has 3 heterocycles. The molecule has 0 N–H and O–H groups in total. The van der Waals surface area contributed by atoms with Crippen molar-refractivity contribution in [1.29, 1.82) is 0 Å². The second-order valence-corrected chi connectivity index (χ2v) is 15.1. The third-order valence-corrected chi connectivity index (χ3v) is 9.44. The maximum Gasteiger partial charge on any atom is 0.494 e. The molecule has 278 valence electrons. The van der Waals surface area contributed by atoms with Gasteiger partial charge in [0.2, 0.25) is 5.88 Å². The van der Waals surface area contributed by atoms with E-state index in [1.165, 1.54) is 12.1 Å². The van der Waals surface area contributed by atoms with Crippen molar-refractivity contribution in [3.8, 4) is 17.1 Å². The summed E-state index contributed by atoms with van der Waals surface area (Å²) in [6, 6.07) is 16.6. The number of fused-ring (bicyclic) bond motifs is 1. The minimum absolute atomic E-state index is 0.0291. The molecule has 2 aromatic heterocycles. The lowest BCUT2D eigenvalue weighted by molar-refractivity contribution is 0.00578. The maximum atomic E-state index is 15.7. The summed E-state index contributed by atoms with van der Waals surface area (Å²) in [4.78, 5) is 21.8. The topological polar surface area (TPSA) is 93.9 Å². The second-order valence-electron chi connectivity index (χ2n) is 15.1. The van der Waals surface area contributed by atoms with Crippen LogP contribution >= 0.6 is 0 Å². The lowest BCUT2D eigenvalue weighted by atomic mass is 9.79. The predicted octanol–water partition coefficient (Wildman–Crippen LogP) is 7.59. The van der Waals surface area contributed by atoms with Gasteiger partial charge in [0.05, 0.1) is 40.1 Å². The van der Waals surface area contributed by atoms with Crippen LogP contribution in [0.25, 0.3) is 22.3 Å². The molecule has 5 aromatic rings. The summed E-state index contributed by atoms with van der Waals surface area (Å²) in [5.41, 5.74) is 0.758. The number of aromatic nitrogens is 3. The van der Waals surface area contributed by atoms with Crippen LogP contribution in [0.15, 0.2) is 66.7 Å². The molecular weight excluding hydrogens is 686 g/mol. The van der Waals surface area contributed by atoms with Gasteiger partial charge in [0, 0.05) is 37.3 Å². The maximum absolute atomic E-state index is 15.7. The Balaban J connectivity index is 1.19. The summed E-state index contributed by atoms with van der Waals surface area (Å²) in [6.07, 6.45) is -0.0291. The van der Waals surface area contributed by atoms with Gasteiger partial charge in [-0.3, -0.25) is 0 Å². The second kappa shape index (κ2) is 14.6. The highest BCUT2D eigenvalue weighted by molar-refractivity contribution is 6.62. The quantitative estimate of drug-likeness (QED) is 0.102. The Morgan fingerprint density at radius 1 is 0.868 bits per heavy atom. The van der Waals surface area contributed by atoms with Crippen LogP contribution in [0.1, 0.15) is 75.8 Å². The Kier molecular flexibility index (Phi) is 10.5. The van der Waals surface area contributed by atoms with Gasteiger partial charge in [-0.1, -0.05) is 18.2 Å². The number of esters is 1. The molecule has 9 nitrogen and oxygen atoms in total. The number of nitrogens with zero attached hydrogens (tertiary/aromatic N) is 3. The Morgan fingerprint density at radius 3 is 2.26 bits per heavy atom. The molecule has 0 atom stereocenters. The Bertz CT molecular complexity index is 2150. The Labute approximate surface area is 307 Å². The van der Waals surface area contributed by atoms with E-state index in [1.54, 1.807) is 70.3 Å². The molecule has 0 amide bonds. The normalized spacial score (nSPS) is 15.3. The van der Waals surface area contributed by atoms with E-state index in [0.717, 1.165) is 12.1 Å². The van der Waals surface area contributed by atoms with E-state index in [1.807, 2.05) is 32.3 Å². The molecule has 1 aliphatic rings. The standard InChI is InChI=1S/C40H43BF3N3O6/c1-38(2,3)51-37(48)24-13-15-33-34(19-24)47(16-17-49-8)35(45-33)20-26-18-31(44)28(22-30(26)43)32-10-9-11-36(46-32)50-23-25-12-14-27(21-29(25)42)41-52-39(4,5)40(6,7)53-41/h9-15,18-19,21-22H,16-17,20,23H2,1-8H3. The number of ether oxygens (including phenoxy) is 3. The van der Waals surface area contributed by atoms with Gasteiger partial charge in [0.1, 0.15) is 35.5 Å². The van der Waals surface area contributed by atoms with Crippen molar-refractivity contribution in [3.63, 3.8) is 0 Å². The molecule has 0 saturated carbocycles. The van der Waals surface area contributed by atoms with Gasteiger partial charge in [-0.2, -0.15) is 0 Å². The van der Waals surface area contributed by atoms with E-state index in [2.05, 4.69) is 9.97 Å². The zero-order valence-corrected chi connectivity index (χ0v) is 31.2. The van der Waals surface area contributed by atoms with Gasteiger partial charge in [0.25, 0.3) is 0 Å². The highest BCUT2D eigenvalue weighted by atomic mass is 19.1. The van der Waals surface area contributed by atoms with E-state index in [4.69, 9.17) is 23.5 Å². The van der Waals surface area contributed by atoms with E-state index < -0.39 is 47.3 Å². The molecule has 3 aromatic carbocycles. The highest BCUT2D eigenvalue weighted by Gasteiger charge is 2.51. The van der Waals surface area contributed by atoms with Crippen LogP contribution in [0.5, 0.6) is 5.88 Å². The van der Waals surface area contributed by atoms with Gasteiger partial charge in [-0.15, -0.1) is 0 Å². The molecule has 1 fully saturated rings. The summed E-state index contributed by atoms with van der Waals surface area (Å²) >= 11 is 0. The Hall–Kier alpha value is -4.72. The Morgan fingerprint density at radius 2 is 1.58 bits per heavy atom. The fourth-order valence-corrected chi connectivity index (χ4v) is 5.90. The minimum atomic E-state index is -0.708. The van der Waals surface area contributed by atoms with E-state index in [9.17, 15) is 4.79 Å². The molecule has 6 rings (SSSR count). The van der Waals surface area contributed by atoms with Crippen LogP contribution in [0, 0.1) is 17.5 Å². The number of halogens is 3. The van der Waals surface area contributed by atoms with Gasteiger partial charge in [-0.05, 0) is 102 Å². The summed E-state index contributed by atoms with van der Waals surface area (Å²) in [7, 11) is 0.853. The molecule has 13 heteroatoms. The first-order chi connectivity index (χ1) is 24.9. The number of benzene rings is 3. The van der Waals surface area contributed by atoms with Gasteiger partial charge < -0.3 is 28.1 Å². The van der Waals surface area contributed by atoms with E-state index >= 15 is 13.2 Å². The summed E-state index contributed by atoms with van der Waals surface area (Å²) in [5, 5.41) is 0. The molecular formula is C40H43BF3N3O6.